The third-order valence-corrected chi connectivity index (χ3v) is 4.96. The summed E-state index contributed by atoms with van der Waals surface area (Å²) in [6.45, 7) is 4.66. The largest absolute Gasteiger partial charge is 0.311 e. The van der Waals surface area contributed by atoms with Crippen LogP contribution in [0.5, 0.6) is 0 Å². The molecule has 3 atom stereocenters. The highest BCUT2D eigenvalue weighted by Crippen LogP contribution is 2.31. The van der Waals surface area contributed by atoms with Gasteiger partial charge in [-0.1, -0.05) is 26.7 Å². The van der Waals surface area contributed by atoms with Crippen LogP contribution in [0.1, 0.15) is 65.2 Å². The molecular formula is C15H30N2. The van der Waals surface area contributed by atoms with Crippen LogP contribution in [0.25, 0.3) is 0 Å². The maximum absolute atomic E-state index is 3.75. The van der Waals surface area contributed by atoms with E-state index in [1.165, 1.54) is 51.4 Å². The van der Waals surface area contributed by atoms with Crippen LogP contribution in [-0.2, 0) is 0 Å². The molecule has 100 valence electrons. The van der Waals surface area contributed by atoms with Gasteiger partial charge >= 0.3 is 0 Å². The van der Waals surface area contributed by atoms with Crippen molar-refractivity contribution in [2.75, 3.05) is 7.05 Å². The third-order valence-electron chi connectivity index (χ3n) is 4.96. The second kappa shape index (κ2) is 6.19. The monoisotopic (exact) mass is 238 g/mol. The molecule has 0 amide bonds. The molecule has 2 nitrogen and oxygen atoms in total. The Kier molecular flexibility index (Phi) is 4.87. The van der Waals surface area contributed by atoms with Crippen LogP contribution in [0.2, 0.25) is 0 Å². The number of unbranched alkanes of at least 4 members (excludes halogenated alkanes) is 1. The van der Waals surface area contributed by atoms with Crippen LogP contribution >= 0.6 is 0 Å². The zero-order valence-corrected chi connectivity index (χ0v) is 11.9. The van der Waals surface area contributed by atoms with Crippen molar-refractivity contribution in [2.24, 2.45) is 0 Å². The van der Waals surface area contributed by atoms with Crippen LogP contribution in [-0.4, -0.2) is 36.1 Å². The first-order valence-electron chi connectivity index (χ1n) is 7.72. The van der Waals surface area contributed by atoms with Gasteiger partial charge in [-0.05, 0) is 45.6 Å². The minimum atomic E-state index is 0.817. The van der Waals surface area contributed by atoms with Crippen LogP contribution in [0.4, 0.5) is 0 Å². The molecule has 0 aromatic heterocycles. The van der Waals surface area contributed by atoms with E-state index in [4.69, 9.17) is 0 Å². The maximum Gasteiger partial charge on any atom is 0.0125 e. The molecule has 17 heavy (non-hydrogen) atoms. The van der Waals surface area contributed by atoms with Crippen molar-refractivity contribution in [1.29, 1.82) is 0 Å². The minimum absolute atomic E-state index is 0.817. The molecule has 2 rings (SSSR count). The van der Waals surface area contributed by atoms with E-state index in [1.807, 2.05) is 0 Å². The molecule has 0 aromatic rings. The van der Waals surface area contributed by atoms with Crippen LogP contribution < -0.4 is 5.32 Å². The average Bonchev–Trinajstić information content (AvgIpc) is 2.69. The molecule has 2 aliphatic heterocycles. The summed E-state index contributed by atoms with van der Waals surface area (Å²) >= 11 is 0. The zero-order valence-electron chi connectivity index (χ0n) is 11.9. The number of piperidine rings is 1. The fourth-order valence-electron chi connectivity index (χ4n) is 3.79. The van der Waals surface area contributed by atoms with Crippen LogP contribution in [0.15, 0.2) is 0 Å². The van der Waals surface area contributed by atoms with Gasteiger partial charge in [-0.2, -0.15) is 0 Å². The highest BCUT2D eigenvalue weighted by molar-refractivity contribution is 4.96. The number of nitrogens with zero attached hydrogens (tertiary/aromatic N) is 1. The smallest absolute Gasteiger partial charge is 0.0125 e. The van der Waals surface area contributed by atoms with Gasteiger partial charge in [0.2, 0.25) is 0 Å². The Labute approximate surface area is 107 Å². The number of hydrogen-bond donors (Lipinski definition) is 1. The van der Waals surface area contributed by atoms with Gasteiger partial charge < -0.3 is 10.2 Å². The number of nitrogens with one attached hydrogen (secondary N) is 1. The molecule has 2 bridgehead atoms. The van der Waals surface area contributed by atoms with Crippen molar-refractivity contribution >= 4 is 0 Å². The normalized spacial score (nSPS) is 34.2. The molecule has 0 aromatic carbocycles. The Morgan fingerprint density at radius 3 is 2.35 bits per heavy atom. The molecule has 0 saturated carbocycles. The Balaban J connectivity index is 1.86. The first-order valence-corrected chi connectivity index (χ1v) is 7.72. The lowest BCUT2D eigenvalue weighted by Gasteiger charge is -2.40. The second-order valence-electron chi connectivity index (χ2n) is 6.13. The number of rotatable bonds is 6. The molecular weight excluding hydrogens is 208 g/mol. The van der Waals surface area contributed by atoms with Gasteiger partial charge in [0.25, 0.3) is 0 Å². The SMILES string of the molecule is CCCCC(CC)N(C)C1CC2CCC(C1)N2. The molecule has 0 spiro atoms. The average molecular weight is 238 g/mol. The minimum Gasteiger partial charge on any atom is -0.311 e. The molecule has 2 heteroatoms. The number of hydrogen-bond acceptors (Lipinski definition) is 2. The van der Waals surface area contributed by atoms with Gasteiger partial charge in [-0.15, -0.1) is 0 Å². The van der Waals surface area contributed by atoms with E-state index in [0.29, 0.717) is 0 Å². The topological polar surface area (TPSA) is 15.3 Å². The predicted octanol–water partition coefficient (Wildman–Crippen LogP) is 3.17. The first-order chi connectivity index (χ1) is 8.24. The van der Waals surface area contributed by atoms with E-state index in [1.54, 1.807) is 0 Å². The quantitative estimate of drug-likeness (QED) is 0.764. The Morgan fingerprint density at radius 2 is 1.82 bits per heavy atom. The molecule has 2 fully saturated rings. The maximum atomic E-state index is 3.75. The Morgan fingerprint density at radius 1 is 1.18 bits per heavy atom. The van der Waals surface area contributed by atoms with E-state index in [0.717, 1.165) is 24.2 Å². The molecule has 2 saturated heterocycles. The van der Waals surface area contributed by atoms with E-state index in [-0.39, 0.29) is 0 Å². The molecule has 3 unspecified atom stereocenters. The summed E-state index contributed by atoms with van der Waals surface area (Å²) in [5.74, 6) is 0. The summed E-state index contributed by atoms with van der Waals surface area (Å²) in [4.78, 5) is 2.71. The number of fused-ring (bicyclic) bond motifs is 2. The molecule has 2 aliphatic rings. The first kappa shape index (κ1) is 13.4. The van der Waals surface area contributed by atoms with Crippen molar-refractivity contribution < 1.29 is 0 Å². The van der Waals surface area contributed by atoms with Crippen molar-refractivity contribution in [3.05, 3.63) is 0 Å². The molecule has 2 heterocycles. The van der Waals surface area contributed by atoms with Crippen molar-refractivity contribution in [1.82, 2.24) is 10.2 Å². The highest BCUT2D eigenvalue weighted by Gasteiger charge is 2.36. The van der Waals surface area contributed by atoms with E-state index >= 15 is 0 Å². The fourth-order valence-corrected chi connectivity index (χ4v) is 3.79. The third kappa shape index (κ3) is 3.23. The van der Waals surface area contributed by atoms with Crippen molar-refractivity contribution in [3.8, 4) is 0 Å². The van der Waals surface area contributed by atoms with Gasteiger partial charge in [0.15, 0.2) is 0 Å². The van der Waals surface area contributed by atoms with E-state index in [9.17, 15) is 0 Å². The van der Waals surface area contributed by atoms with E-state index < -0.39 is 0 Å². The summed E-state index contributed by atoms with van der Waals surface area (Å²) in [5.41, 5.74) is 0. The van der Waals surface area contributed by atoms with Gasteiger partial charge in [0, 0.05) is 24.2 Å². The summed E-state index contributed by atoms with van der Waals surface area (Å²) in [6, 6.07) is 3.31. The van der Waals surface area contributed by atoms with Gasteiger partial charge in [-0.25, -0.2) is 0 Å². The Hall–Kier alpha value is -0.0800. The van der Waals surface area contributed by atoms with Crippen LogP contribution in [0.3, 0.4) is 0 Å². The zero-order chi connectivity index (χ0) is 12.3. The lowest BCUT2D eigenvalue weighted by Crippen LogP contribution is -2.49. The fraction of sp³-hybridized carbons (Fsp3) is 1.00. The Bertz CT molecular complexity index is 217. The second-order valence-corrected chi connectivity index (χ2v) is 6.13. The molecule has 0 radical (unpaired) electrons. The molecule has 0 aliphatic carbocycles. The van der Waals surface area contributed by atoms with Crippen molar-refractivity contribution in [2.45, 2.75) is 89.4 Å². The van der Waals surface area contributed by atoms with Crippen molar-refractivity contribution in [3.63, 3.8) is 0 Å². The predicted molar refractivity (Wildman–Crippen MR) is 74.3 cm³/mol. The standard InChI is InChI=1S/C15H30N2/c1-4-6-7-14(5-2)17(3)15-10-12-8-9-13(11-15)16-12/h12-16H,4-11H2,1-3H3. The van der Waals surface area contributed by atoms with Gasteiger partial charge in [-0.3, -0.25) is 0 Å². The lowest BCUT2D eigenvalue weighted by molar-refractivity contribution is 0.114. The summed E-state index contributed by atoms with van der Waals surface area (Å²) in [7, 11) is 2.37. The van der Waals surface area contributed by atoms with Crippen LogP contribution in [0, 0.1) is 0 Å². The van der Waals surface area contributed by atoms with Gasteiger partial charge in [0.05, 0.1) is 0 Å². The summed E-state index contributed by atoms with van der Waals surface area (Å²) < 4.78 is 0. The highest BCUT2D eigenvalue weighted by atomic mass is 15.2. The van der Waals surface area contributed by atoms with E-state index in [2.05, 4.69) is 31.1 Å². The summed E-state index contributed by atoms with van der Waals surface area (Å²) in [6.07, 6.45) is 11.0. The lowest BCUT2D eigenvalue weighted by atomic mass is 9.95. The molecule has 1 N–H and O–H groups in total. The van der Waals surface area contributed by atoms with Gasteiger partial charge in [0.1, 0.15) is 0 Å². The summed E-state index contributed by atoms with van der Waals surface area (Å²) in [5, 5.41) is 3.75.